The van der Waals surface area contributed by atoms with Crippen LogP contribution in [0.2, 0.25) is 12.6 Å². The number of carbonyl (C=O) groups is 6. The van der Waals surface area contributed by atoms with Gasteiger partial charge in [0, 0.05) is 130 Å². The summed E-state index contributed by atoms with van der Waals surface area (Å²) in [5.74, 6) is 2.02. The molecule has 0 atom stereocenters. The van der Waals surface area contributed by atoms with Gasteiger partial charge in [0.2, 0.25) is 11.8 Å². The Balaban J connectivity index is 5.00. The van der Waals surface area contributed by atoms with Crippen LogP contribution < -0.4 is 10.6 Å². The Kier molecular flexibility index (Phi) is 31.7. The summed E-state index contributed by atoms with van der Waals surface area (Å²) in [5, 5.41) is 5.84. The molecule has 0 heterocycles. The third kappa shape index (κ3) is 31.4. The highest BCUT2D eigenvalue weighted by Crippen LogP contribution is 2.08. The third-order valence-corrected chi connectivity index (χ3v) is 10.5. The van der Waals surface area contributed by atoms with Crippen LogP contribution in [-0.4, -0.2) is 163 Å². The standard InChI is InChI=1S/C34H65N5O8S4Si/c1-52(46,47)28-2-15-37(20-7-33(44)35-13-22-38(16-3-29(40)9-24-48)17-4-30(41)10-25-49)21-8-34(45)36-14-23-39(18-5-31(42)11-26-50)19-6-32(43)12-27-51/h46-51H,2-28H2,1H3,(H,35,44)(H,36,45). The molecule has 0 aromatic heterocycles. The fourth-order valence-corrected chi connectivity index (χ4v) is 7.00. The highest BCUT2D eigenvalue weighted by Gasteiger charge is 2.21. The van der Waals surface area contributed by atoms with Crippen molar-refractivity contribution < 1.29 is 38.4 Å². The summed E-state index contributed by atoms with van der Waals surface area (Å²) in [4.78, 5) is 99.5. The number of Topliss-reactive ketones (excluding diaryl/α,β-unsaturated/α-hetero) is 4. The maximum Gasteiger partial charge on any atom is 0.329 e. The van der Waals surface area contributed by atoms with Gasteiger partial charge in [-0.25, -0.2) is 0 Å². The van der Waals surface area contributed by atoms with Crippen LogP contribution in [0.3, 0.4) is 0 Å². The molecule has 0 rings (SSSR count). The average Bonchev–Trinajstić information content (AvgIpc) is 3.07. The van der Waals surface area contributed by atoms with E-state index in [1.165, 1.54) is 6.55 Å². The lowest BCUT2D eigenvalue weighted by Crippen LogP contribution is -2.40. The smallest absolute Gasteiger partial charge is 0.329 e. The topological polar surface area (TPSA) is 177 Å². The van der Waals surface area contributed by atoms with Crippen molar-refractivity contribution in [2.45, 2.75) is 83.2 Å². The quantitative estimate of drug-likeness (QED) is 0.0340. The summed E-state index contributed by atoms with van der Waals surface area (Å²) in [5.41, 5.74) is 0. The number of nitrogens with one attached hydrogen (secondary N) is 2. The van der Waals surface area contributed by atoms with Crippen LogP contribution in [0.4, 0.5) is 0 Å². The molecule has 0 saturated carbocycles. The second kappa shape index (κ2) is 32.3. The fraction of sp³-hybridized carbons (Fsp3) is 0.824. The molecule has 13 nitrogen and oxygen atoms in total. The Bertz CT molecular complexity index is 944. The maximum absolute atomic E-state index is 12.8. The van der Waals surface area contributed by atoms with E-state index in [2.05, 4.69) is 61.1 Å². The van der Waals surface area contributed by atoms with Gasteiger partial charge in [-0.2, -0.15) is 50.5 Å². The van der Waals surface area contributed by atoms with Crippen molar-refractivity contribution in [3.63, 3.8) is 0 Å². The first-order valence-electron chi connectivity index (χ1n) is 18.4. The summed E-state index contributed by atoms with van der Waals surface area (Å²) in [6.07, 6.45) is 3.87. The van der Waals surface area contributed by atoms with E-state index in [4.69, 9.17) is 0 Å². The molecule has 2 amide bonds. The van der Waals surface area contributed by atoms with Crippen molar-refractivity contribution in [3.05, 3.63) is 0 Å². The fourth-order valence-electron chi connectivity index (χ4n) is 5.18. The number of hydrogen-bond donors (Lipinski definition) is 8. The summed E-state index contributed by atoms with van der Waals surface area (Å²) in [6.45, 7) is 6.36. The second-order valence-electron chi connectivity index (χ2n) is 13.1. The average molecular weight is 828 g/mol. The van der Waals surface area contributed by atoms with Crippen molar-refractivity contribution in [3.8, 4) is 0 Å². The predicted octanol–water partition coefficient (Wildman–Crippen LogP) is 1.47. The van der Waals surface area contributed by atoms with Crippen LogP contribution in [-0.2, 0) is 28.8 Å². The predicted molar refractivity (Wildman–Crippen MR) is 222 cm³/mol. The highest BCUT2D eigenvalue weighted by molar-refractivity contribution is 7.80. The normalized spacial score (nSPS) is 11.7. The number of amides is 2. The minimum atomic E-state index is -3.24. The van der Waals surface area contributed by atoms with Crippen molar-refractivity contribution in [1.82, 2.24) is 25.3 Å². The van der Waals surface area contributed by atoms with E-state index >= 15 is 0 Å². The minimum absolute atomic E-state index is 0.105. The zero-order valence-corrected chi connectivity index (χ0v) is 35.6. The van der Waals surface area contributed by atoms with Gasteiger partial charge in [0.05, 0.1) is 0 Å². The highest BCUT2D eigenvalue weighted by atomic mass is 32.1. The lowest BCUT2D eigenvalue weighted by molar-refractivity contribution is -0.123. The van der Waals surface area contributed by atoms with E-state index in [0.29, 0.717) is 153 Å². The van der Waals surface area contributed by atoms with Gasteiger partial charge >= 0.3 is 8.56 Å². The lowest BCUT2D eigenvalue weighted by Gasteiger charge is -2.24. The number of ketones is 4. The van der Waals surface area contributed by atoms with E-state index in [-0.39, 0.29) is 53.8 Å². The number of carbonyl (C=O) groups excluding carboxylic acids is 6. The molecule has 0 bridgehead atoms. The van der Waals surface area contributed by atoms with Crippen LogP contribution in [0.15, 0.2) is 0 Å². The number of rotatable bonds is 36. The Morgan fingerprint density at radius 1 is 0.462 bits per heavy atom. The molecule has 302 valence electrons. The number of thiol groups is 4. The SMILES string of the molecule is C[Si](O)(O)CCCN(CCC(=O)NCCN(CCC(=O)CCS)CCC(=O)CCS)CCC(=O)NCCN(CCC(=O)CCS)CCC(=O)CCS. The molecular weight excluding hydrogens is 763 g/mol. The van der Waals surface area contributed by atoms with Crippen molar-refractivity contribution in [2.24, 2.45) is 0 Å². The van der Waals surface area contributed by atoms with Crippen LogP contribution in [0.1, 0.15) is 70.6 Å². The monoisotopic (exact) mass is 827 g/mol. The summed E-state index contributed by atoms with van der Waals surface area (Å²) < 4.78 is 0. The molecule has 4 N–H and O–H groups in total. The Labute approximate surface area is 334 Å². The second-order valence-corrected chi connectivity index (χ2v) is 17.8. The molecule has 0 spiro atoms. The molecule has 0 aromatic carbocycles. The van der Waals surface area contributed by atoms with Gasteiger partial charge in [0.25, 0.3) is 0 Å². The van der Waals surface area contributed by atoms with Gasteiger partial charge in [-0.1, -0.05) is 0 Å². The molecule has 0 aliphatic rings. The van der Waals surface area contributed by atoms with Crippen LogP contribution in [0.5, 0.6) is 0 Å². The zero-order valence-electron chi connectivity index (χ0n) is 31.1. The molecule has 0 aliphatic heterocycles. The number of hydrogen-bond acceptors (Lipinski definition) is 15. The van der Waals surface area contributed by atoms with Crippen LogP contribution >= 0.6 is 50.5 Å². The van der Waals surface area contributed by atoms with Gasteiger partial charge < -0.3 is 34.9 Å². The van der Waals surface area contributed by atoms with E-state index < -0.39 is 8.56 Å². The third-order valence-electron chi connectivity index (χ3n) is 8.33. The maximum atomic E-state index is 12.8. The first-order valence-corrected chi connectivity index (χ1v) is 23.5. The molecule has 0 fully saturated rings. The largest absolute Gasteiger partial charge is 0.411 e. The number of nitrogens with zero attached hydrogens (tertiary/aromatic N) is 3. The van der Waals surface area contributed by atoms with Crippen molar-refractivity contribution >= 4 is 94.0 Å². The van der Waals surface area contributed by atoms with E-state index in [1.54, 1.807) is 0 Å². The molecule has 0 saturated heterocycles. The van der Waals surface area contributed by atoms with Gasteiger partial charge in [0.15, 0.2) is 0 Å². The van der Waals surface area contributed by atoms with E-state index in [9.17, 15) is 38.4 Å². The summed E-state index contributed by atoms with van der Waals surface area (Å²) in [7, 11) is -3.24. The Morgan fingerprint density at radius 3 is 1.04 bits per heavy atom. The summed E-state index contributed by atoms with van der Waals surface area (Å²) >= 11 is 16.5. The van der Waals surface area contributed by atoms with Gasteiger partial charge in [0.1, 0.15) is 23.1 Å². The lowest BCUT2D eigenvalue weighted by atomic mass is 10.2. The molecular formula is C34H65N5O8S4Si. The van der Waals surface area contributed by atoms with Crippen molar-refractivity contribution in [1.29, 1.82) is 0 Å². The van der Waals surface area contributed by atoms with Crippen molar-refractivity contribution in [2.75, 3.05) is 95.0 Å². The van der Waals surface area contributed by atoms with Gasteiger partial charge in [-0.15, -0.1) is 0 Å². The molecule has 0 aromatic rings. The molecule has 0 unspecified atom stereocenters. The Morgan fingerprint density at radius 2 is 0.750 bits per heavy atom. The minimum Gasteiger partial charge on any atom is -0.411 e. The van der Waals surface area contributed by atoms with Crippen LogP contribution in [0, 0.1) is 0 Å². The first kappa shape index (κ1) is 51.0. The molecule has 0 aliphatic carbocycles. The Hall–Kier alpha value is -0.963. The summed E-state index contributed by atoms with van der Waals surface area (Å²) in [6, 6.07) is 0.271. The first-order chi connectivity index (χ1) is 24.7. The zero-order chi connectivity index (χ0) is 39.2. The van der Waals surface area contributed by atoms with Gasteiger partial charge in [-0.3, -0.25) is 28.8 Å². The molecule has 0 radical (unpaired) electrons. The van der Waals surface area contributed by atoms with E-state index in [1.807, 2.05) is 14.7 Å². The van der Waals surface area contributed by atoms with E-state index in [0.717, 1.165) is 0 Å². The van der Waals surface area contributed by atoms with Crippen LogP contribution in [0.25, 0.3) is 0 Å². The van der Waals surface area contributed by atoms with Gasteiger partial charge in [-0.05, 0) is 48.6 Å². The molecule has 18 heteroatoms. The molecule has 52 heavy (non-hydrogen) atoms.